The average molecular weight is 262 g/mol. The van der Waals surface area contributed by atoms with Gasteiger partial charge in [0.1, 0.15) is 0 Å². The average Bonchev–Trinajstić information content (AvgIpc) is 2.42. The highest BCUT2D eigenvalue weighted by Crippen LogP contribution is 2.11. The third-order valence-electron chi connectivity index (χ3n) is 2.64. The van der Waals surface area contributed by atoms with Crippen molar-refractivity contribution in [2.75, 3.05) is 7.05 Å². The maximum atomic E-state index is 13.1. The lowest BCUT2D eigenvalue weighted by molar-refractivity contribution is 0.0783. The van der Waals surface area contributed by atoms with Crippen molar-refractivity contribution >= 4 is 5.91 Å². The van der Waals surface area contributed by atoms with Crippen LogP contribution in [-0.4, -0.2) is 22.8 Å². The van der Waals surface area contributed by atoms with Gasteiger partial charge in [0, 0.05) is 18.8 Å². The molecule has 19 heavy (non-hydrogen) atoms. The Labute approximate surface area is 109 Å². The van der Waals surface area contributed by atoms with E-state index >= 15 is 0 Å². The van der Waals surface area contributed by atoms with Crippen LogP contribution >= 0.6 is 0 Å². The molecule has 1 amide bonds. The summed E-state index contributed by atoms with van der Waals surface area (Å²) < 4.78 is 25.9. The Kier molecular flexibility index (Phi) is 3.85. The molecule has 0 aliphatic heterocycles. The third-order valence-corrected chi connectivity index (χ3v) is 2.64. The van der Waals surface area contributed by atoms with Gasteiger partial charge in [-0.3, -0.25) is 9.78 Å². The number of carbonyl (C=O) groups is 1. The van der Waals surface area contributed by atoms with Gasteiger partial charge in [-0.25, -0.2) is 8.78 Å². The summed E-state index contributed by atoms with van der Waals surface area (Å²) in [7, 11) is 1.58. The molecule has 0 N–H and O–H groups in total. The first kappa shape index (κ1) is 13.1. The van der Waals surface area contributed by atoms with Crippen molar-refractivity contribution in [1.82, 2.24) is 9.88 Å². The van der Waals surface area contributed by atoms with Crippen LogP contribution in [0.5, 0.6) is 0 Å². The summed E-state index contributed by atoms with van der Waals surface area (Å²) in [6.07, 6.45) is 1.63. The number of hydrogen-bond acceptors (Lipinski definition) is 2. The molecule has 0 unspecified atom stereocenters. The molecule has 1 aromatic carbocycles. The Morgan fingerprint density at radius 2 is 2.00 bits per heavy atom. The first-order chi connectivity index (χ1) is 9.08. The smallest absolute Gasteiger partial charge is 0.254 e. The standard InChI is InChI=1S/C14H12F2N2O/c1-18(9-11-4-2-3-7-17-11)14(19)10-5-6-12(15)13(16)8-10/h2-8H,9H2,1H3. The largest absolute Gasteiger partial charge is 0.336 e. The first-order valence-corrected chi connectivity index (χ1v) is 5.68. The summed E-state index contributed by atoms with van der Waals surface area (Å²) in [6.45, 7) is 0.304. The van der Waals surface area contributed by atoms with Gasteiger partial charge in [-0.2, -0.15) is 0 Å². The second-order valence-corrected chi connectivity index (χ2v) is 4.11. The van der Waals surface area contributed by atoms with E-state index in [4.69, 9.17) is 0 Å². The van der Waals surface area contributed by atoms with Crippen LogP contribution in [0.4, 0.5) is 8.78 Å². The zero-order valence-electron chi connectivity index (χ0n) is 10.3. The lowest BCUT2D eigenvalue weighted by Crippen LogP contribution is -2.26. The molecule has 2 aromatic rings. The van der Waals surface area contributed by atoms with E-state index < -0.39 is 11.6 Å². The molecule has 0 radical (unpaired) electrons. The fourth-order valence-electron chi connectivity index (χ4n) is 1.66. The molecule has 3 nitrogen and oxygen atoms in total. The van der Waals surface area contributed by atoms with Crippen molar-refractivity contribution in [3.63, 3.8) is 0 Å². The van der Waals surface area contributed by atoms with Crippen LogP contribution in [0.25, 0.3) is 0 Å². The van der Waals surface area contributed by atoms with Crippen molar-refractivity contribution in [1.29, 1.82) is 0 Å². The lowest BCUT2D eigenvalue weighted by atomic mass is 10.2. The van der Waals surface area contributed by atoms with Crippen LogP contribution in [0.1, 0.15) is 16.1 Å². The predicted octanol–water partition coefficient (Wildman–Crippen LogP) is 2.63. The number of pyridine rings is 1. The van der Waals surface area contributed by atoms with E-state index in [0.29, 0.717) is 6.54 Å². The summed E-state index contributed by atoms with van der Waals surface area (Å²) in [5.41, 5.74) is 0.832. The van der Waals surface area contributed by atoms with E-state index in [1.165, 1.54) is 11.0 Å². The Morgan fingerprint density at radius 3 is 2.63 bits per heavy atom. The highest BCUT2D eigenvalue weighted by Gasteiger charge is 2.14. The van der Waals surface area contributed by atoms with Crippen LogP contribution in [0.15, 0.2) is 42.6 Å². The van der Waals surface area contributed by atoms with E-state index in [-0.39, 0.29) is 11.5 Å². The number of benzene rings is 1. The lowest BCUT2D eigenvalue weighted by Gasteiger charge is -2.16. The number of carbonyl (C=O) groups excluding carboxylic acids is 1. The van der Waals surface area contributed by atoms with Gasteiger partial charge in [-0.05, 0) is 30.3 Å². The molecular weight excluding hydrogens is 250 g/mol. The Bertz CT molecular complexity index is 587. The molecule has 98 valence electrons. The summed E-state index contributed by atoms with van der Waals surface area (Å²) in [5, 5.41) is 0. The molecule has 0 aliphatic carbocycles. The normalized spacial score (nSPS) is 10.3. The monoisotopic (exact) mass is 262 g/mol. The molecule has 0 saturated carbocycles. The van der Waals surface area contributed by atoms with Crippen molar-refractivity contribution in [3.05, 3.63) is 65.5 Å². The minimum atomic E-state index is -1.03. The van der Waals surface area contributed by atoms with Gasteiger partial charge in [0.2, 0.25) is 0 Å². The SMILES string of the molecule is CN(Cc1ccccn1)C(=O)c1ccc(F)c(F)c1. The van der Waals surface area contributed by atoms with Crippen molar-refractivity contribution in [3.8, 4) is 0 Å². The highest BCUT2D eigenvalue weighted by molar-refractivity contribution is 5.94. The summed E-state index contributed by atoms with van der Waals surface area (Å²) in [5.74, 6) is -2.38. The molecule has 0 aliphatic rings. The van der Waals surface area contributed by atoms with Crippen LogP contribution in [0.2, 0.25) is 0 Å². The van der Waals surface area contributed by atoms with Gasteiger partial charge >= 0.3 is 0 Å². The van der Waals surface area contributed by atoms with E-state index in [2.05, 4.69) is 4.98 Å². The molecular formula is C14H12F2N2O. The Morgan fingerprint density at radius 1 is 1.21 bits per heavy atom. The van der Waals surface area contributed by atoms with Crippen LogP contribution < -0.4 is 0 Å². The summed E-state index contributed by atoms with van der Waals surface area (Å²) in [4.78, 5) is 17.5. The van der Waals surface area contributed by atoms with Gasteiger partial charge in [0.25, 0.3) is 5.91 Å². The molecule has 0 saturated heterocycles. The second-order valence-electron chi connectivity index (χ2n) is 4.11. The van der Waals surface area contributed by atoms with Gasteiger partial charge < -0.3 is 4.90 Å². The van der Waals surface area contributed by atoms with Gasteiger partial charge in [0.05, 0.1) is 12.2 Å². The fraction of sp³-hybridized carbons (Fsp3) is 0.143. The topological polar surface area (TPSA) is 33.2 Å². The van der Waals surface area contributed by atoms with Crippen LogP contribution in [-0.2, 0) is 6.54 Å². The third kappa shape index (κ3) is 3.13. The van der Waals surface area contributed by atoms with E-state index in [9.17, 15) is 13.6 Å². The van der Waals surface area contributed by atoms with E-state index in [0.717, 1.165) is 17.8 Å². The maximum absolute atomic E-state index is 13.1. The van der Waals surface area contributed by atoms with Crippen LogP contribution in [0.3, 0.4) is 0 Å². The fourth-order valence-corrected chi connectivity index (χ4v) is 1.66. The number of nitrogens with zero attached hydrogens (tertiary/aromatic N) is 2. The molecule has 0 fully saturated rings. The van der Waals surface area contributed by atoms with Crippen LogP contribution in [0, 0.1) is 11.6 Å². The molecule has 1 aromatic heterocycles. The van der Waals surface area contributed by atoms with Crippen molar-refractivity contribution in [2.45, 2.75) is 6.54 Å². The highest BCUT2D eigenvalue weighted by atomic mass is 19.2. The zero-order valence-corrected chi connectivity index (χ0v) is 10.3. The molecule has 0 spiro atoms. The van der Waals surface area contributed by atoms with Crippen molar-refractivity contribution < 1.29 is 13.6 Å². The van der Waals surface area contributed by atoms with E-state index in [1.54, 1.807) is 25.4 Å². The molecule has 0 bridgehead atoms. The molecule has 1 heterocycles. The van der Waals surface area contributed by atoms with Gasteiger partial charge in [-0.15, -0.1) is 0 Å². The molecule has 0 atom stereocenters. The predicted molar refractivity (Wildman–Crippen MR) is 66.4 cm³/mol. The number of amides is 1. The van der Waals surface area contributed by atoms with E-state index in [1.807, 2.05) is 6.07 Å². The molecule has 2 rings (SSSR count). The summed E-state index contributed by atoms with van der Waals surface area (Å²) >= 11 is 0. The Balaban J connectivity index is 2.12. The number of hydrogen-bond donors (Lipinski definition) is 0. The molecule has 5 heteroatoms. The Hall–Kier alpha value is -2.30. The van der Waals surface area contributed by atoms with Crippen molar-refractivity contribution in [2.24, 2.45) is 0 Å². The second kappa shape index (κ2) is 5.56. The quantitative estimate of drug-likeness (QED) is 0.852. The minimum Gasteiger partial charge on any atom is -0.336 e. The summed E-state index contributed by atoms with van der Waals surface area (Å²) in [6, 6.07) is 8.48. The first-order valence-electron chi connectivity index (χ1n) is 5.68. The number of halogens is 2. The number of aromatic nitrogens is 1. The minimum absolute atomic E-state index is 0.109. The maximum Gasteiger partial charge on any atom is 0.254 e. The zero-order chi connectivity index (χ0) is 13.8. The van der Waals surface area contributed by atoms with Gasteiger partial charge in [0.15, 0.2) is 11.6 Å². The van der Waals surface area contributed by atoms with Gasteiger partial charge in [-0.1, -0.05) is 6.07 Å². The number of rotatable bonds is 3.